The first kappa shape index (κ1) is 13.9. The average molecular weight is 266 g/mol. The zero-order valence-corrected chi connectivity index (χ0v) is 11.6. The number of hydrogen-bond donors (Lipinski definition) is 1. The van der Waals surface area contributed by atoms with Crippen LogP contribution < -0.4 is 5.32 Å². The molecule has 2 rings (SSSR count). The summed E-state index contributed by atoms with van der Waals surface area (Å²) in [6, 6.07) is -0.0298. The van der Waals surface area contributed by atoms with E-state index in [0.29, 0.717) is 19.1 Å². The van der Waals surface area contributed by atoms with Gasteiger partial charge in [-0.15, -0.1) is 0 Å². The van der Waals surface area contributed by atoms with Crippen molar-refractivity contribution >= 4 is 11.7 Å². The number of carbonyl (C=O) groups is 1. The SMILES string of the molecule is COCCn1cc(NC(=O)N2CCCC(C)C2)cn1. The summed E-state index contributed by atoms with van der Waals surface area (Å²) in [7, 11) is 1.66. The summed E-state index contributed by atoms with van der Waals surface area (Å²) in [5.41, 5.74) is 0.735. The molecule has 1 aromatic heterocycles. The molecule has 0 aromatic carbocycles. The van der Waals surface area contributed by atoms with Crippen molar-refractivity contribution in [3.63, 3.8) is 0 Å². The van der Waals surface area contributed by atoms with Gasteiger partial charge in [0, 0.05) is 26.4 Å². The van der Waals surface area contributed by atoms with E-state index in [4.69, 9.17) is 4.74 Å². The van der Waals surface area contributed by atoms with E-state index in [1.165, 1.54) is 6.42 Å². The second kappa shape index (κ2) is 6.56. The molecule has 1 aromatic rings. The maximum absolute atomic E-state index is 12.1. The fourth-order valence-corrected chi connectivity index (χ4v) is 2.31. The Morgan fingerprint density at radius 2 is 2.47 bits per heavy atom. The van der Waals surface area contributed by atoms with Crippen molar-refractivity contribution in [3.05, 3.63) is 12.4 Å². The van der Waals surface area contributed by atoms with Gasteiger partial charge in [0.15, 0.2) is 0 Å². The molecule has 106 valence electrons. The van der Waals surface area contributed by atoms with Gasteiger partial charge >= 0.3 is 6.03 Å². The largest absolute Gasteiger partial charge is 0.383 e. The first-order chi connectivity index (χ1) is 9.19. The second-order valence-corrected chi connectivity index (χ2v) is 5.11. The lowest BCUT2D eigenvalue weighted by Gasteiger charge is -2.30. The van der Waals surface area contributed by atoms with Crippen LogP contribution in [0.5, 0.6) is 0 Å². The summed E-state index contributed by atoms with van der Waals surface area (Å²) in [6.45, 7) is 5.16. The molecule has 1 unspecified atom stereocenters. The topological polar surface area (TPSA) is 59.4 Å². The highest BCUT2D eigenvalue weighted by Crippen LogP contribution is 2.16. The van der Waals surface area contributed by atoms with Crippen molar-refractivity contribution in [3.8, 4) is 0 Å². The van der Waals surface area contributed by atoms with Crippen molar-refractivity contribution in [1.29, 1.82) is 0 Å². The van der Waals surface area contributed by atoms with E-state index in [0.717, 1.165) is 25.2 Å². The van der Waals surface area contributed by atoms with Crippen molar-refractivity contribution in [1.82, 2.24) is 14.7 Å². The standard InChI is InChI=1S/C13H22N4O2/c1-11-4-3-5-16(9-11)13(18)15-12-8-14-17(10-12)6-7-19-2/h8,10-11H,3-7,9H2,1-2H3,(H,15,18). The van der Waals surface area contributed by atoms with E-state index in [1.807, 2.05) is 11.1 Å². The normalized spacial score (nSPS) is 19.5. The van der Waals surface area contributed by atoms with Crippen LogP contribution in [0.15, 0.2) is 12.4 Å². The molecule has 1 atom stereocenters. The molecule has 1 N–H and O–H groups in total. The number of rotatable bonds is 4. The molecule has 0 aliphatic carbocycles. The van der Waals surface area contributed by atoms with E-state index >= 15 is 0 Å². The third-order valence-electron chi connectivity index (χ3n) is 3.35. The number of methoxy groups -OCH3 is 1. The Morgan fingerprint density at radius 3 is 3.21 bits per heavy atom. The molecular weight excluding hydrogens is 244 g/mol. The van der Waals surface area contributed by atoms with Gasteiger partial charge in [-0.2, -0.15) is 5.10 Å². The summed E-state index contributed by atoms with van der Waals surface area (Å²) in [4.78, 5) is 14.0. The highest BCUT2D eigenvalue weighted by atomic mass is 16.5. The van der Waals surface area contributed by atoms with Crippen molar-refractivity contribution < 1.29 is 9.53 Å². The molecule has 0 bridgehead atoms. The summed E-state index contributed by atoms with van der Waals surface area (Å²) < 4.78 is 6.75. The fourth-order valence-electron chi connectivity index (χ4n) is 2.31. The lowest BCUT2D eigenvalue weighted by Crippen LogP contribution is -2.41. The number of carbonyl (C=O) groups excluding carboxylic acids is 1. The molecule has 6 nitrogen and oxygen atoms in total. The van der Waals surface area contributed by atoms with E-state index in [9.17, 15) is 4.79 Å². The zero-order valence-electron chi connectivity index (χ0n) is 11.6. The lowest BCUT2D eigenvalue weighted by molar-refractivity contribution is 0.182. The Kier molecular flexibility index (Phi) is 4.79. The summed E-state index contributed by atoms with van der Waals surface area (Å²) in [5, 5.41) is 7.06. The van der Waals surface area contributed by atoms with Crippen molar-refractivity contribution in [2.24, 2.45) is 5.92 Å². The number of anilines is 1. The minimum atomic E-state index is -0.0298. The zero-order chi connectivity index (χ0) is 13.7. The van der Waals surface area contributed by atoms with Crippen LogP contribution in [-0.4, -0.2) is 47.5 Å². The van der Waals surface area contributed by atoms with Crippen LogP contribution in [0.25, 0.3) is 0 Å². The number of hydrogen-bond acceptors (Lipinski definition) is 3. The first-order valence-corrected chi connectivity index (χ1v) is 6.76. The molecule has 1 aliphatic heterocycles. The third-order valence-corrected chi connectivity index (χ3v) is 3.35. The summed E-state index contributed by atoms with van der Waals surface area (Å²) in [5.74, 6) is 0.587. The minimum Gasteiger partial charge on any atom is -0.383 e. The van der Waals surface area contributed by atoms with Crippen LogP contribution in [0.2, 0.25) is 0 Å². The van der Waals surface area contributed by atoms with Crippen LogP contribution >= 0.6 is 0 Å². The van der Waals surface area contributed by atoms with Crippen LogP contribution in [0.3, 0.4) is 0 Å². The highest BCUT2D eigenvalue weighted by molar-refractivity contribution is 5.89. The van der Waals surface area contributed by atoms with Gasteiger partial charge in [-0.3, -0.25) is 4.68 Å². The monoisotopic (exact) mass is 266 g/mol. The van der Waals surface area contributed by atoms with Crippen molar-refractivity contribution in [2.75, 3.05) is 32.1 Å². The number of urea groups is 1. The van der Waals surface area contributed by atoms with Crippen LogP contribution in [0.4, 0.5) is 10.5 Å². The number of nitrogens with zero attached hydrogens (tertiary/aromatic N) is 3. The number of nitrogens with one attached hydrogen (secondary N) is 1. The van der Waals surface area contributed by atoms with Gasteiger partial charge in [-0.25, -0.2) is 4.79 Å². The van der Waals surface area contributed by atoms with E-state index < -0.39 is 0 Å². The molecule has 1 saturated heterocycles. The number of piperidine rings is 1. The average Bonchev–Trinajstić information content (AvgIpc) is 2.84. The second-order valence-electron chi connectivity index (χ2n) is 5.11. The number of aromatic nitrogens is 2. The van der Waals surface area contributed by atoms with Crippen LogP contribution in [0.1, 0.15) is 19.8 Å². The maximum Gasteiger partial charge on any atom is 0.321 e. The van der Waals surface area contributed by atoms with E-state index in [2.05, 4.69) is 17.3 Å². The van der Waals surface area contributed by atoms with Crippen LogP contribution in [0, 0.1) is 5.92 Å². The Bertz CT molecular complexity index is 419. The van der Waals surface area contributed by atoms with Gasteiger partial charge in [0.2, 0.25) is 0 Å². The predicted octanol–water partition coefficient (Wildman–Crippen LogP) is 1.79. The molecule has 0 spiro atoms. The fraction of sp³-hybridized carbons (Fsp3) is 0.692. The lowest BCUT2D eigenvalue weighted by atomic mass is 10.0. The van der Waals surface area contributed by atoms with Gasteiger partial charge in [0.1, 0.15) is 0 Å². The van der Waals surface area contributed by atoms with E-state index in [-0.39, 0.29) is 6.03 Å². The Morgan fingerprint density at radius 1 is 1.63 bits per heavy atom. The highest BCUT2D eigenvalue weighted by Gasteiger charge is 2.21. The molecule has 19 heavy (non-hydrogen) atoms. The number of likely N-dealkylation sites (tertiary alicyclic amines) is 1. The molecule has 0 radical (unpaired) electrons. The smallest absolute Gasteiger partial charge is 0.321 e. The van der Waals surface area contributed by atoms with Gasteiger partial charge < -0.3 is 15.0 Å². The van der Waals surface area contributed by atoms with Gasteiger partial charge in [-0.1, -0.05) is 6.92 Å². The Labute approximate surface area is 113 Å². The van der Waals surface area contributed by atoms with Crippen LogP contribution in [-0.2, 0) is 11.3 Å². The quantitative estimate of drug-likeness (QED) is 0.904. The van der Waals surface area contributed by atoms with Gasteiger partial charge in [0.25, 0.3) is 0 Å². The number of ether oxygens (including phenoxy) is 1. The van der Waals surface area contributed by atoms with Crippen molar-refractivity contribution in [2.45, 2.75) is 26.3 Å². The number of amides is 2. The molecule has 6 heteroatoms. The van der Waals surface area contributed by atoms with Gasteiger partial charge in [0.05, 0.1) is 25.0 Å². The molecule has 0 saturated carbocycles. The molecule has 2 amide bonds. The Hall–Kier alpha value is -1.56. The van der Waals surface area contributed by atoms with E-state index in [1.54, 1.807) is 18.0 Å². The molecular formula is C13H22N4O2. The first-order valence-electron chi connectivity index (χ1n) is 6.76. The summed E-state index contributed by atoms with van der Waals surface area (Å²) in [6.07, 6.45) is 5.78. The van der Waals surface area contributed by atoms with Gasteiger partial charge in [-0.05, 0) is 18.8 Å². The molecule has 1 aliphatic rings. The predicted molar refractivity (Wildman–Crippen MR) is 73.1 cm³/mol. The third kappa shape index (κ3) is 3.96. The molecule has 1 fully saturated rings. The summed E-state index contributed by atoms with van der Waals surface area (Å²) >= 11 is 0. The Balaban J connectivity index is 1.86. The molecule has 2 heterocycles. The minimum absolute atomic E-state index is 0.0298. The maximum atomic E-state index is 12.1.